The van der Waals surface area contributed by atoms with E-state index >= 15 is 0 Å². The second-order valence-corrected chi connectivity index (χ2v) is 4.10. The standard InChI is InChI=1S/C15H14N4O/c1-11-10-13(7-6-12(11)4-2-8-16)15(20)18-14-5-3-9-17-19-14/h3,5-7,9-10H,8,16H2,1H3,(H,18,19,20). The molecule has 3 N–H and O–H groups in total. The van der Waals surface area contributed by atoms with E-state index < -0.39 is 0 Å². The predicted octanol–water partition coefficient (Wildman–Crippen LogP) is 1.35. The largest absolute Gasteiger partial charge is 0.320 e. The van der Waals surface area contributed by atoms with Crippen molar-refractivity contribution in [3.05, 3.63) is 53.2 Å². The lowest BCUT2D eigenvalue weighted by Crippen LogP contribution is -2.13. The number of hydrogen-bond donors (Lipinski definition) is 2. The molecule has 0 saturated carbocycles. The van der Waals surface area contributed by atoms with E-state index in [9.17, 15) is 4.79 Å². The van der Waals surface area contributed by atoms with Crippen LogP contribution >= 0.6 is 0 Å². The van der Waals surface area contributed by atoms with Gasteiger partial charge in [-0.05, 0) is 42.8 Å². The Labute approximate surface area is 117 Å². The van der Waals surface area contributed by atoms with Gasteiger partial charge in [-0.2, -0.15) is 5.10 Å². The molecular weight excluding hydrogens is 252 g/mol. The maximum Gasteiger partial charge on any atom is 0.256 e. The summed E-state index contributed by atoms with van der Waals surface area (Å²) < 4.78 is 0. The number of carbonyl (C=O) groups is 1. The minimum absolute atomic E-state index is 0.230. The molecule has 0 aliphatic heterocycles. The summed E-state index contributed by atoms with van der Waals surface area (Å²) in [6.07, 6.45) is 1.55. The fourth-order valence-corrected chi connectivity index (χ4v) is 1.65. The number of benzene rings is 1. The normalized spacial score (nSPS) is 9.50. The van der Waals surface area contributed by atoms with Crippen molar-refractivity contribution in [2.75, 3.05) is 11.9 Å². The Kier molecular flexibility index (Phi) is 4.43. The highest BCUT2D eigenvalue weighted by Crippen LogP contribution is 2.11. The van der Waals surface area contributed by atoms with Crippen LogP contribution in [0.15, 0.2) is 36.5 Å². The molecule has 0 unspecified atom stereocenters. The van der Waals surface area contributed by atoms with Crippen molar-refractivity contribution in [1.82, 2.24) is 10.2 Å². The zero-order chi connectivity index (χ0) is 14.4. The number of rotatable bonds is 2. The van der Waals surface area contributed by atoms with E-state index in [1.54, 1.807) is 30.5 Å². The second kappa shape index (κ2) is 6.45. The highest BCUT2D eigenvalue weighted by atomic mass is 16.1. The molecule has 0 aliphatic rings. The molecule has 0 aliphatic carbocycles. The lowest BCUT2D eigenvalue weighted by atomic mass is 10.0. The molecule has 100 valence electrons. The van der Waals surface area contributed by atoms with Crippen LogP contribution in [0.25, 0.3) is 0 Å². The molecule has 5 nitrogen and oxygen atoms in total. The van der Waals surface area contributed by atoms with Crippen molar-refractivity contribution < 1.29 is 4.79 Å². The van der Waals surface area contributed by atoms with Gasteiger partial charge in [0.1, 0.15) is 0 Å². The summed E-state index contributed by atoms with van der Waals surface area (Å²) in [6, 6.07) is 8.70. The smallest absolute Gasteiger partial charge is 0.256 e. The Morgan fingerprint density at radius 3 is 2.90 bits per heavy atom. The van der Waals surface area contributed by atoms with Crippen LogP contribution in [0, 0.1) is 18.8 Å². The van der Waals surface area contributed by atoms with Crippen LogP contribution in [0.4, 0.5) is 5.82 Å². The highest BCUT2D eigenvalue weighted by Gasteiger charge is 2.08. The van der Waals surface area contributed by atoms with Gasteiger partial charge >= 0.3 is 0 Å². The molecule has 1 aromatic carbocycles. The van der Waals surface area contributed by atoms with Gasteiger partial charge in [0.2, 0.25) is 0 Å². The molecule has 2 aromatic rings. The van der Waals surface area contributed by atoms with Crippen molar-refractivity contribution in [2.45, 2.75) is 6.92 Å². The number of nitrogens with two attached hydrogens (primary N) is 1. The van der Waals surface area contributed by atoms with Crippen LogP contribution in [0.3, 0.4) is 0 Å². The number of nitrogens with zero attached hydrogens (tertiary/aromatic N) is 2. The van der Waals surface area contributed by atoms with E-state index in [-0.39, 0.29) is 5.91 Å². The van der Waals surface area contributed by atoms with Crippen LogP contribution in [0.1, 0.15) is 21.5 Å². The number of nitrogens with one attached hydrogen (secondary N) is 1. The quantitative estimate of drug-likeness (QED) is 0.804. The number of aromatic nitrogens is 2. The predicted molar refractivity (Wildman–Crippen MR) is 77.1 cm³/mol. The van der Waals surface area contributed by atoms with E-state index in [4.69, 9.17) is 5.73 Å². The van der Waals surface area contributed by atoms with Gasteiger partial charge in [0.25, 0.3) is 5.91 Å². The van der Waals surface area contributed by atoms with E-state index in [0.717, 1.165) is 11.1 Å². The molecule has 1 amide bonds. The lowest BCUT2D eigenvalue weighted by Gasteiger charge is -2.05. The van der Waals surface area contributed by atoms with Crippen LogP contribution < -0.4 is 11.1 Å². The Morgan fingerprint density at radius 1 is 1.40 bits per heavy atom. The topological polar surface area (TPSA) is 80.9 Å². The van der Waals surface area contributed by atoms with Gasteiger partial charge in [-0.1, -0.05) is 11.8 Å². The Morgan fingerprint density at radius 2 is 2.25 bits per heavy atom. The first kappa shape index (κ1) is 13.7. The average Bonchev–Trinajstić information content (AvgIpc) is 2.47. The van der Waals surface area contributed by atoms with Crippen LogP contribution in [0.2, 0.25) is 0 Å². The third-order valence-electron chi connectivity index (χ3n) is 2.63. The molecular formula is C15H14N4O. The minimum Gasteiger partial charge on any atom is -0.320 e. The Balaban J connectivity index is 2.17. The summed E-state index contributed by atoms with van der Waals surface area (Å²) in [7, 11) is 0. The molecule has 1 aromatic heterocycles. The highest BCUT2D eigenvalue weighted by molar-refractivity contribution is 6.03. The van der Waals surface area contributed by atoms with E-state index in [1.165, 1.54) is 0 Å². The van der Waals surface area contributed by atoms with Gasteiger partial charge in [-0.3, -0.25) is 4.79 Å². The molecule has 2 rings (SSSR count). The second-order valence-electron chi connectivity index (χ2n) is 4.10. The Hall–Kier alpha value is -2.71. The zero-order valence-corrected chi connectivity index (χ0v) is 11.1. The van der Waals surface area contributed by atoms with Gasteiger partial charge in [0, 0.05) is 17.3 Å². The summed E-state index contributed by atoms with van der Waals surface area (Å²) in [6.45, 7) is 2.22. The summed E-state index contributed by atoms with van der Waals surface area (Å²) in [4.78, 5) is 12.1. The fraction of sp³-hybridized carbons (Fsp3) is 0.133. The zero-order valence-electron chi connectivity index (χ0n) is 11.1. The third-order valence-corrected chi connectivity index (χ3v) is 2.63. The van der Waals surface area contributed by atoms with Crippen molar-refractivity contribution in [3.63, 3.8) is 0 Å². The number of aryl methyl sites for hydroxylation is 1. The van der Waals surface area contributed by atoms with Crippen molar-refractivity contribution in [1.29, 1.82) is 0 Å². The van der Waals surface area contributed by atoms with Crippen molar-refractivity contribution in [2.24, 2.45) is 5.73 Å². The van der Waals surface area contributed by atoms with Gasteiger partial charge in [-0.25, -0.2) is 0 Å². The fourth-order valence-electron chi connectivity index (χ4n) is 1.65. The first-order chi connectivity index (χ1) is 9.70. The summed E-state index contributed by atoms with van der Waals surface area (Å²) in [5.41, 5.74) is 7.68. The summed E-state index contributed by atoms with van der Waals surface area (Å²) in [5, 5.41) is 10.2. The van der Waals surface area contributed by atoms with Crippen molar-refractivity contribution >= 4 is 11.7 Å². The van der Waals surface area contributed by atoms with E-state index in [2.05, 4.69) is 27.4 Å². The van der Waals surface area contributed by atoms with Gasteiger partial charge in [0.15, 0.2) is 5.82 Å². The summed E-state index contributed by atoms with van der Waals surface area (Å²) >= 11 is 0. The molecule has 0 saturated heterocycles. The molecule has 0 atom stereocenters. The number of anilines is 1. The maximum absolute atomic E-state index is 12.1. The van der Waals surface area contributed by atoms with Crippen LogP contribution in [0.5, 0.6) is 0 Å². The third kappa shape index (κ3) is 3.40. The molecule has 0 fully saturated rings. The molecule has 5 heteroatoms. The van der Waals surface area contributed by atoms with Gasteiger partial charge in [-0.15, -0.1) is 5.10 Å². The van der Waals surface area contributed by atoms with Crippen LogP contribution in [-0.4, -0.2) is 22.6 Å². The number of hydrogen-bond acceptors (Lipinski definition) is 4. The minimum atomic E-state index is -0.230. The first-order valence-electron chi connectivity index (χ1n) is 6.09. The molecule has 0 bridgehead atoms. The Bertz CT molecular complexity index is 671. The van der Waals surface area contributed by atoms with E-state index in [0.29, 0.717) is 17.9 Å². The summed E-state index contributed by atoms with van der Waals surface area (Å²) in [5.74, 6) is 5.94. The first-order valence-corrected chi connectivity index (χ1v) is 6.09. The number of carbonyl (C=O) groups excluding carboxylic acids is 1. The number of amides is 1. The lowest BCUT2D eigenvalue weighted by molar-refractivity contribution is 0.102. The molecule has 0 radical (unpaired) electrons. The van der Waals surface area contributed by atoms with Gasteiger partial charge in [0.05, 0.1) is 6.54 Å². The van der Waals surface area contributed by atoms with Gasteiger partial charge < -0.3 is 11.1 Å². The molecule has 1 heterocycles. The van der Waals surface area contributed by atoms with E-state index in [1.807, 2.05) is 13.0 Å². The average molecular weight is 266 g/mol. The monoisotopic (exact) mass is 266 g/mol. The SMILES string of the molecule is Cc1cc(C(=O)Nc2cccnn2)ccc1C#CCN. The van der Waals surface area contributed by atoms with Crippen LogP contribution in [-0.2, 0) is 0 Å². The molecule has 20 heavy (non-hydrogen) atoms. The molecule has 0 spiro atoms. The maximum atomic E-state index is 12.1. The van der Waals surface area contributed by atoms with Crippen molar-refractivity contribution in [3.8, 4) is 11.8 Å².